The van der Waals surface area contributed by atoms with Gasteiger partial charge in [-0.1, -0.05) is 0 Å². The Morgan fingerprint density at radius 1 is 1.16 bits per heavy atom. The molecule has 106 valence electrons. The van der Waals surface area contributed by atoms with Crippen LogP contribution in [0.15, 0.2) is 0 Å². The second-order valence-electron chi connectivity index (χ2n) is 5.31. The van der Waals surface area contributed by atoms with Crippen molar-refractivity contribution in [2.75, 3.05) is 6.54 Å². The fourth-order valence-corrected chi connectivity index (χ4v) is 1.71. The number of amides is 4. The quantitative estimate of drug-likeness (QED) is 0.664. The number of hydrogen-bond acceptors (Lipinski definition) is 5. The van der Waals surface area contributed by atoms with Gasteiger partial charge < -0.3 is 4.74 Å². The molecule has 0 N–H and O–H groups in total. The van der Waals surface area contributed by atoms with Crippen LogP contribution in [-0.4, -0.2) is 51.8 Å². The summed E-state index contributed by atoms with van der Waals surface area (Å²) in [6.45, 7) is 7.00. The van der Waals surface area contributed by atoms with Crippen molar-refractivity contribution in [3.05, 3.63) is 0 Å². The van der Waals surface area contributed by atoms with Crippen LogP contribution in [0.25, 0.3) is 0 Å². The number of hydrogen-bond donors (Lipinski definition) is 0. The Hall–Kier alpha value is -1.76. The van der Waals surface area contributed by atoms with Gasteiger partial charge in [0, 0.05) is 13.8 Å². The van der Waals surface area contributed by atoms with Gasteiger partial charge in [0.15, 0.2) is 0 Å². The number of imide groups is 2. The van der Waals surface area contributed by atoms with Crippen molar-refractivity contribution in [1.29, 1.82) is 0 Å². The van der Waals surface area contributed by atoms with Gasteiger partial charge in [0.2, 0.25) is 18.0 Å². The summed E-state index contributed by atoms with van der Waals surface area (Å²) in [7, 11) is 0. The van der Waals surface area contributed by atoms with E-state index in [9.17, 15) is 19.2 Å². The van der Waals surface area contributed by atoms with Gasteiger partial charge in [-0.2, -0.15) is 0 Å². The Bertz CT molecular complexity index is 438. The van der Waals surface area contributed by atoms with Crippen molar-refractivity contribution < 1.29 is 23.9 Å². The molecule has 4 amide bonds. The molecule has 1 saturated heterocycles. The Labute approximate surface area is 111 Å². The first-order chi connectivity index (χ1) is 8.54. The van der Waals surface area contributed by atoms with E-state index in [-0.39, 0.29) is 0 Å². The summed E-state index contributed by atoms with van der Waals surface area (Å²) in [5, 5.41) is 0. The number of rotatable bonds is 1. The maximum Gasteiger partial charge on any atom is 0.280 e. The molecule has 1 aliphatic heterocycles. The Morgan fingerprint density at radius 3 is 2.05 bits per heavy atom. The second-order valence-corrected chi connectivity index (χ2v) is 5.31. The molecular formula is C12H18N2O5. The van der Waals surface area contributed by atoms with E-state index in [1.54, 1.807) is 20.8 Å². The number of carbonyl (C=O) groups excluding carboxylic acids is 4. The van der Waals surface area contributed by atoms with Crippen LogP contribution in [-0.2, 0) is 23.9 Å². The molecule has 0 aromatic heterocycles. The third-order valence-corrected chi connectivity index (χ3v) is 2.46. The van der Waals surface area contributed by atoms with Crippen LogP contribution >= 0.6 is 0 Å². The zero-order valence-electron chi connectivity index (χ0n) is 11.7. The fraction of sp³-hybridized carbons (Fsp3) is 0.667. The zero-order valence-corrected chi connectivity index (χ0v) is 11.7. The molecule has 19 heavy (non-hydrogen) atoms. The number of nitrogens with zero attached hydrogens (tertiary/aromatic N) is 2. The molecule has 0 aromatic rings. The molecule has 0 bridgehead atoms. The number of ether oxygens (including phenoxy) is 1. The lowest BCUT2D eigenvalue weighted by molar-refractivity contribution is -0.195. The monoisotopic (exact) mass is 270 g/mol. The third-order valence-electron chi connectivity index (χ3n) is 2.46. The minimum absolute atomic E-state index is 0.433. The van der Waals surface area contributed by atoms with Crippen molar-refractivity contribution in [3.63, 3.8) is 0 Å². The molecule has 0 radical (unpaired) electrons. The van der Waals surface area contributed by atoms with Gasteiger partial charge in [0.1, 0.15) is 6.54 Å². The first kappa shape index (κ1) is 15.3. The molecule has 1 fully saturated rings. The zero-order chi connectivity index (χ0) is 15.0. The van der Waals surface area contributed by atoms with Crippen molar-refractivity contribution in [3.8, 4) is 0 Å². The molecule has 1 unspecified atom stereocenters. The predicted octanol–water partition coefficient (Wildman–Crippen LogP) is -0.109. The first-order valence-electron chi connectivity index (χ1n) is 5.87. The van der Waals surface area contributed by atoms with Crippen LogP contribution < -0.4 is 0 Å². The van der Waals surface area contributed by atoms with Crippen molar-refractivity contribution in [1.82, 2.24) is 9.80 Å². The summed E-state index contributed by atoms with van der Waals surface area (Å²) in [4.78, 5) is 48.4. The topological polar surface area (TPSA) is 84.0 Å². The molecule has 0 spiro atoms. The van der Waals surface area contributed by atoms with Gasteiger partial charge in [-0.25, -0.2) is 4.90 Å². The van der Waals surface area contributed by atoms with Gasteiger partial charge >= 0.3 is 0 Å². The lowest BCUT2D eigenvalue weighted by Gasteiger charge is -2.39. The Kier molecular flexibility index (Phi) is 4.09. The summed E-state index contributed by atoms with van der Waals surface area (Å²) < 4.78 is 5.46. The summed E-state index contributed by atoms with van der Waals surface area (Å²) in [5.74, 6) is -2.46. The van der Waals surface area contributed by atoms with E-state index in [2.05, 4.69) is 0 Å². The highest BCUT2D eigenvalue weighted by Gasteiger charge is 2.45. The van der Waals surface area contributed by atoms with Crippen molar-refractivity contribution in [2.45, 2.75) is 46.4 Å². The van der Waals surface area contributed by atoms with E-state index in [0.29, 0.717) is 0 Å². The van der Waals surface area contributed by atoms with Crippen molar-refractivity contribution >= 4 is 23.6 Å². The van der Waals surface area contributed by atoms with Gasteiger partial charge in [-0.3, -0.25) is 24.1 Å². The molecule has 1 aliphatic rings. The van der Waals surface area contributed by atoms with Crippen LogP contribution in [0.4, 0.5) is 0 Å². The van der Waals surface area contributed by atoms with Crippen molar-refractivity contribution in [2.24, 2.45) is 0 Å². The summed E-state index contributed by atoms with van der Waals surface area (Å²) in [6, 6.07) is 0. The molecule has 0 saturated carbocycles. The smallest absolute Gasteiger partial charge is 0.280 e. The summed E-state index contributed by atoms with van der Waals surface area (Å²) in [6.07, 6.45) is -1.39. The van der Waals surface area contributed by atoms with Crippen LogP contribution in [0.5, 0.6) is 0 Å². The third kappa shape index (κ3) is 3.37. The maximum absolute atomic E-state index is 12.1. The largest absolute Gasteiger partial charge is 0.343 e. The lowest BCUT2D eigenvalue weighted by Crippen LogP contribution is -2.64. The van der Waals surface area contributed by atoms with E-state index in [4.69, 9.17) is 4.74 Å². The van der Waals surface area contributed by atoms with E-state index in [1.165, 1.54) is 13.8 Å². The number of carbonyl (C=O) groups is 4. The molecule has 7 heteroatoms. The average Bonchev–Trinajstić information content (AvgIpc) is 2.19. The number of piperazine rings is 1. The Balaban J connectivity index is 3.14. The van der Waals surface area contributed by atoms with E-state index < -0.39 is 42.0 Å². The lowest BCUT2D eigenvalue weighted by atomic mass is 10.1. The molecule has 1 heterocycles. The normalized spacial score (nSPS) is 20.8. The van der Waals surface area contributed by atoms with E-state index in [0.717, 1.165) is 9.80 Å². The standard InChI is InChI=1S/C12H18N2O5/c1-7(15)13-6-9(17)14(8(2)16)11(10(13)18)19-12(3,4)5/h11H,6H2,1-5H3. The summed E-state index contributed by atoms with van der Waals surface area (Å²) >= 11 is 0. The molecule has 1 rings (SSSR count). The highest BCUT2D eigenvalue weighted by Crippen LogP contribution is 2.20. The van der Waals surface area contributed by atoms with Gasteiger partial charge in [-0.05, 0) is 20.8 Å². The molecule has 1 atom stereocenters. The average molecular weight is 270 g/mol. The predicted molar refractivity (Wildman–Crippen MR) is 64.5 cm³/mol. The maximum atomic E-state index is 12.1. The highest BCUT2D eigenvalue weighted by molar-refractivity contribution is 6.09. The van der Waals surface area contributed by atoms with E-state index >= 15 is 0 Å². The van der Waals surface area contributed by atoms with Gasteiger partial charge in [0.25, 0.3) is 11.8 Å². The molecule has 0 aliphatic carbocycles. The molecule has 0 aromatic carbocycles. The molecular weight excluding hydrogens is 252 g/mol. The fourth-order valence-electron chi connectivity index (χ4n) is 1.71. The van der Waals surface area contributed by atoms with Gasteiger partial charge in [-0.15, -0.1) is 0 Å². The summed E-state index contributed by atoms with van der Waals surface area (Å²) in [5.41, 5.74) is -0.742. The Morgan fingerprint density at radius 2 is 1.68 bits per heavy atom. The minimum Gasteiger partial charge on any atom is -0.343 e. The van der Waals surface area contributed by atoms with Crippen LogP contribution in [0, 0.1) is 0 Å². The van der Waals surface area contributed by atoms with Crippen LogP contribution in [0.2, 0.25) is 0 Å². The SMILES string of the molecule is CC(=O)N1CC(=O)N(C(C)=O)C(OC(C)(C)C)C1=O. The minimum atomic E-state index is -1.39. The highest BCUT2D eigenvalue weighted by atomic mass is 16.5. The van der Waals surface area contributed by atoms with Gasteiger partial charge in [0.05, 0.1) is 5.60 Å². The molecule has 7 nitrogen and oxygen atoms in total. The van der Waals surface area contributed by atoms with Crippen LogP contribution in [0.1, 0.15) is 34.6 Å². The van der Waals surface area contributed by atoms with E-state index in [1.807, 2.05) is 0 Å². The van der Waals surface area contributed by atoms with Crippen LogP contribution in [0.3, 0.4) is 0 Å². The second kappa shape index (κ2) is 5.08. The first-order valence-corrected chi connectivity index (χ1v) is 5.87.